The Morgan fingerprint density at radius 1 is 1.33 bits per heavy atom. The SMILES string of the molecule is Cc1ccc(-n2cccc2C=O)c(Cl)c1. The van der Waals surface area contributed by atoms with Crippen LogP contribution in [0.4, 0.5) is 0 Å². The Labute approximate surface area is 93.1 Å². The maximum absolute atomic E-state index is 10.8. The quantitative estimate of drug-likeness (QED) is 0.711. The van der Waals surface area contributed by atoms with Crippen molar-refractivity contribution < 1.29 is 4.79 Å². The molecule has 1 heterocycles. The number of aromatic nitrogens is 1. The number of carbonyl (C=O) groups excluding carboxylic acids is 1. The van der Waals surface area contributed by atoms with Crippen LogP contribution in [0.5, 0.6) is 0 Å². The maximum Gasteiger partial charge on any atom is 0.166 e. The first-order chi connectivity index (χ1) is 7.22. The van der Waals surface area contributed by atoms with Gasteiger partial charge in [0.1, 0.15) is 0 Å². The number of halogens is 1. The average molecular weight is 220 g/mol. The summed E-state index contributed by atoms with van der Waals surface area (Å²) in [5.41, 5.74) is 2.53. The largest absolute Gasteiger partial charge is 0.313 e. The van der Waals surface area contributed by atoms with Gasteiger partial charge >= 0.3 is 0 Å². The molecule has 0 saturated heterocycles. The van der Waals surface area contributed by atoms with Crippen molar-refractivity contribution in [2.24, 2.45) is 0 Å². The van der Waals surface area contributed by atoms with E-state index in [1.54, 1.807) is 10.6 Å². The van der Waals surface area contributed by atoms with Crippen LogP contribution in [-0.2, 0) is 0 Å². The van der Waals surface area contributed by atoms with Crippen LogP contribution in [0.1, 0.15) is 16.1 Å². The van der Waals surface area contributed by atoms with Crippen LogP contribution in [0.2, 0.25) is 5.02 Å². The van der Waals surface area contributed by atoms with Crippen molar-refractivity contribution in [1.82, 2.24) is 4.57 Å². The van der Waals surface area contributed by atoms with Crippen molar-refractivity contribution in [3.8, 4) is 5.69 Å². The molecule has 0 atom stereocenters. The zero-order valence-electron chi connectivity index (χ0n) is 8.27. The Balaban J connectivity index is 2.59. The molecule has 2 aromatic rings. The lowest BCUT2D eigenvalue weighted by molar-refractivity contribution is 0.111. The van der Waals surface area contributed by atoms with Crippen LogP contribution >= 0.6 is 11.6 Å². The van der Waals surface area contributed by atoms with Gasteiger partial charge in [-0.05, 0) is 36.8 Å². The fourth-order valence-electron chi connectivity index (χ4n) is 1.52. The third-order valence-electron chi connectivity index (χ3n) is 2.26. The van der Waals surface area contributed by atoms with Crippen LogP contribution in [0, 0.1) is 6.92 Å². The molecule has 2 nitrogen and oxygen atoms in total. The maximum atomic E-state index is 10.8. The fraction of sp³-hybridized carbons (Fsp3) is 0.0833. The summed E-state index contributed by atoms with van der Waals surface area (Å²) in [5.74, 6) is 0. The monoisotopic (exact) mass is 219 g/mol. The number of aldehydes is 1. The van der Waals surface area contributed by atoms with E-state index in [4.69, 9.17) is 11.6 Å². The summed E-state index contributed by atoms with van der Waals surface area (Å²) in [5, 5.41) is 0.648. The van der Waals surface area contributed by atoms with Gasteiger partial charge in [0.25, 0.3) is 0 Å². The van der Waals surface area contributed by atoms with Gasteiger partial charge in [-0.25, -0.2) is 0 Å². The molecule has 0 amide bonds. The van der Waals surface area contributed by atoms with Gasteiger partial charge < -0.3 is 4.57 Å². The zero-order valence-corrected chi connectivity index (χ0v) is 9.03. The Morgan fingerprint density at radius 3 is 2.80 bits per heavy atom. The third kappa shape index (κ3) is 1.81. The van der Waals surface area contributed by atoms with E-state index in [0.717, 1.165) is 17.5 Å². The van der Waals surface area contributed by atoms with Gasteiger partial charge in [-0.2, -0.15) is 0 Å². The molecule has 0 saturated carbocycles. The highest BCUT2D eigenvalue weighted by Crippen LogP contribution is 2.22. The highest BCUT2D eigenvalue weighted by Gasteiger charge is 2.05. The molecule has 0 aliphatic heterocycles. The van der Waals surface area contributed by atoms with E-state index in [2.05, 4.69) is 0 Å². The van der Waals surface area contributed by atoms with Crippen LogP contribution in [0.15, 0.2) is 36.5 Å². The minimum absolute atomic E-state index is 0.598. The molecule has 2 rings (SSSR count). The summed E-state index contributed by atoms with van der Waals surface area (Å²) >= 11 is 6.11. The molecule has 0 unspecified atom stereocenters. The lowest BCUT2D eigenvalue weighted by Gasteiger charge is -2.08. The summed E-state index contributed by atoms with van der Waals surface area (Å²) < 4.78 is 1.77. The van der Waals surface area contributed by atoms with Gasteiger partial charge in [0.05, 0.1) is 16.4 Å². The number of aryl methyl sites for hydroxylation is 1. The number of hydrogen-bond acceptors (Lipinski definition) is 1. The van der Waals surface area contributed by atoms with Crippen molar-refractivity contribution in [3.63, 3.8) is 0 Å². The first-order valence-electron chi connectivity index (χ1n) is 4.61. The smallest absolute Gasteiger partial charge is 0.166 e. The van der Waals surface area contributed by atoms with E-state index < -0.39 is 0 Å². The molecule has 0 fully saturated rings. The predicted molar refractivity (Wildman–Crippen MR) is 60.9 cm³/mol. The summed E-state index contributed by atoms with van der Waals surface area (Å²) in [6.07, 6.45) is 2.64. The Kier molecular flexibility index (Phi) is 2.60. The molecule has 0 aliphatic rings. The Hall–Kier alpha value is -1.54. The first kappa shape index (κ1) is 9.99. The molecular formula is C12H10ClNO. The van der Waals surface area contributed by atoms with Crippen LogP contribution in [0.25, 0.3) is 5.69 Å². The lowest BCUT2D eigenvalue weighted by Crippen LogP contribution is -1.98. The molecule has 0 spiro atoms. The van der Waals surface area contributed by atoms with E-state index in [9.17, 15) is 4.79 Å². The standard InChI is InChI=1S/C12H10ClNO/c1-9-4-5-12(11(13)7-9)14-6-2-3-10(14)8-15/h2-8H,1H3. The summed E-state index contributed by atoms with van der Waals surface area (Å²) in [6.45, 7) is 1.98. The highest BCUT2D eigenvalue weighted by atomic mass is 35.5. The topological polar surface area (TPSA) is 22.0 Å². The molecule has 15 heavy (non-hydrogen) atoms. The van der Waals surface area contributed by atoms with Crippen molar-refractivity contribution in [3.05, 3.63) is 52.8 Å². The molecule has 3 heteroatoms. The zero-order chi connectivity index (χ0) is 10.8. The van der Waals surface area contributed by atoms with E-state index in [-0.39, 0.29) is 0 Å². The van der Waals surface area contributed by atoms with Crippen molar-refractivity contribution in [2.75, 3.05) is 0 Å². The van der Waals surface area contributed by atoms with Gasteiger partial charge in [0.15, 0.2) is 6.29 Å². The van der Waals surface area contributed by atoms with Gasteiger partial charge in [-0.3, -0.25) is 4.79 Å². The third-order valence-corrected chi connectivity index (χ3v) is 2.57. The fourth-order valence-corrected chi connectivity index (χ4v) is 1.84. The summed E-state index contributed by atoms with van der Waals surface area (Å²) in [7, 11) is 0. The second-order valence-corrected chi connectivity index (χ2v) is 3.78. The van der Waals surface area contributed by atoms with E-state index >= 15 is 0 Å². The molecule has 0 N–H and O–H groups in total. The van der Waals surface area contributed by atoms with Gasteiger partial charge in [0.2, 0.25) is 0 Å². The van der Waals surface area contributed by atoms with E-state index in [1.165, 1.54) is 0 Å². The highest BCUT2D eigenvalue weighted by molar-refractivity contribution is 6.32. The summed E-state index contributed by atoms with van der Waals surface area (Å²) in [6, 6.07) is 9.33. The number of carbonyl (C=O) groups is 1. The van der Waals surface area contributed by atoms with Gasteiger partial charge in [0, 0.05) is 6.20 Å². The Morgan fingerprint density at radius 2 is 2.13 bits per heavy atom. The number of hydrogen-bond donors (Lipinski definition) is 0. The normalized spacial score (nSPS) is 10.3. The van der Waals surface area contributed by atoms with Crippen molar-refractivity contribution in [2.45, 2.75) is 6.92 Å². The van der Waals surface area contributed by atoms with Crippen LogP contribution in [-0.4, -0.2) is 10.9 Å². The molecule has 1 aromatic carbocycles. The average Bonchev–Trinajstić information content (AvgIpc) is 2.65. The lowest BCUT2D eigenvalue weighted by atomic mass is 10.2. The molecular weight excluding hydrogens is 210 g/mol. The van der Waals surface area contributed by atoms with Crippen LogP contribution in [0.3, 0.4) is 0 Å². The van der Waals surface area contributed by atoms with Crippen molar-refractivity contribution >= 4 is 17.9 Å². The number of rotatable bonds is 2. The molecule has 76 valence electrons. The first-order valence-corrected chi connectivity index (χ1v) is 4.99. The minimum Gasteiger partial charge on any atom is -0.313 e. The van der Waals surface area contributed by atoms with Crippen molar-refractivity contribution in [1.29, 1.82) is 0 Å². The second kappa shape index (κ2) is 3.91. The van der Waals surface area contributed by atoms with E-state index in [0.29, 0.717) is 10.7 Å². The van der Waals surface area contributed by atoms with Crippen LogP contribution < -0.4 is 0 Å². The molecule has 0 aliphatic carbocycles. The van der Waals surface area contributed by atoms with E-state index in [1.807, 2.05) is 37.4 Å². The number of benzene rings is 1. The minimum atomic E-state index is 0.598. The predicted octanol–water partition coefficient (Wildman–Crippen LogP) is 3.25. The molecule has 1 aromatic heterocycles. The Bertz CT molecular complexity index is 502. The molecule has 0 bridgehead atoms. The van der Waals surface area contributed by atoms with Gasteiger partial charge in [-0.15, -0.1) is 0 Å². The second-order valence-electron chi connectivity index (χ2n) is 3.38. The van der Waals surface area contributed by atoms with Gasteiger partial charge in [-0.1, -0.05) is 17.7 Å². The molecule has 0 radical (unpaired) electrons. The number of nitrogens with zero attached hydrogens (tertiary/aromatic N) is 1. The summed E-state index contributed by atoms with van der Waals surface area (Å²) in [4.78, 5) is 10.8.